The summed E-state index contributed by atoms with van der Waals surface area (Å²) in [6, 6.07) is 7.99. The van der Waals surface area contributed by atoms with Crippen LogP contribution in [0.3, 0.4) is 0 Å². The Balaban J connectivity index is 1.56. The van der Waals surface area contributed by atoms with Crippen LogP contribution in [0.1, 0.15) is 41.8 Å². The highest BCUT2D eigenvalue weighted by Crippen LogP contribution is 2.32. The Kier molecular flexibility index (Phi) is 5.87. The maximum atomic E-state index is 12.7. The predicted molar refractivity (Wildman–Crippen MR) is 113 cm³/mol. The molecule has 1 N–H and O–H groups in total. The average Bonchev–Trinajstić information content (AvgIpc) is 3.26. The van der Waals surface area contributed by atoms with E-state index in [1.54, 1.807) is 17.5 Å². The minimum atomic E-state index is -0.814. The number of fused-ring (bicyclic) bond motifs is 3. The number of nitrogens with zero attached hydrogens (tertiary/aromatic N) is 3. The average molecular weight is 432 g/mol. The number of carbonyl (C=O) groups excluding carboxylic acids is 1. The highest BCUT2D eigenvalue weighted by Gasteiger charge is 2.27. The van der Waals surface area contributed by atoms with Crippen molar-refractivity contribution in [3.63, 3.8) is 0 Å². The van der Waals surface area contributed by atoms with Crippen molar-refractivity contribution < 1.29 is 14.7 Å². The second-order valence-corrected chi connectivity index (χ2v) is 9.06. The normalized spacial score (nSPS) is 13.6. The molecular weight excluding hydrogens is 410 g/mol. The molecule has 8 heteroatoms. The van der Waals surface area contributed by atoms with E-state index in [4.69, 9.17) is 16.7 Å². The molecule has 4 rings (SSSR count). The molecule has 0 saturated heterocycles. The molecule has 3 aromatic rings. The largest absolute Gasteiger partial charge is 0.481 e. The molecule has 0 aromatic carbocycles. The van der Waals surface area contributed by atoms with E-state index >= 15 is 0 Å². The third kappa shape index (κ3) is 4.31. The summed E-state index contributed by atoms with van der Waals surface area (Å²) in [7, 11) is 0. The van der Waals surface area contributed by atoms with Gasteiger partial charge >= 0.3 is 5.97 Å². The minimum absolute atomic E-state index is 0.0879. The van der Waals surface area contributed by atoms with Gasteiger partial charge in [0, 0.05) is 41.5 Å². The van der Waals surface area contributed by atoms with Crippen LogP contribution >= 0.6 is 22.9 Å². The van der Waals surface area contributed by atoms with E-state index in [1.807, 2.05) is 23.1 Å². The molecule has 1 aliphatic rings. The van der Waals surface area contributed by atoms with E-state index in [-0.39, 0.29) is 12.3 Å². The first kappa shape index (κ1) is 19.9. The molecule has 29 heavy (non-hydrogen) atoms. The third-order valence-corrected chi connectivity index (χ3v) is 6.56. The zero-order valence-electron chi connectivity index (χ0n) is 15.9. The summed E-state index contributed by atoms with van der Waals surface area (Å²) in [4.78, 5) is 31.0. The fourth-order valence-corrected chi connectivity index (χ4v) is 5.02. The van der Waals surface area contributed by atoms with Crippen molar-refractivity contribution in [1.29, 1.82) is 0 Å². The second kappa shape index (κ2) is 8.55. The number of amides is 1. The van der Waals surface area contributed by atoms with E-state index in [1.165, 1.54) is 5.56 Å². The maximum absolute atomic E-state index is 12.7. The lowest BCUT2D eigenvalue weighted by Crippen LogP contribution is -2.36. The fourth-order valence-electron chi connectivity index (χ4n) is 3.95. The maximum Gasteiger partial charge on any atom is 0.303 e. The number of rotatable bonds is 7. The van der Waals surface area contributed by atoms with Crippen molar-refractivity contribution in [2.45, 2.75) is 45.2 Å². The van der Waals surface area contributed by atoms with E-state index in [0.717, 1.165) is 32.4 Å². The van der Waals surface area contributed by atoms with Crippen LogP contribution < -0.4 is 0 Å². The molecule has 0 fully saturated rings. The molecule has 0 atom stereocenters. The summed E-state index contributed by atoms with van der Waals surface area (Å²) in [6.07, 6.45) is 4.24. The minimum Gasteiger partial charge on any atom is -0.481 e. The van der Waals surface area contributed by atoms with Crippen molar-refractivity contribution in [3.05, 3.63) is 50.9 Å². The molecule has 3 aromatic heterocycles. The molecule has 0 bridgehead atoms. The van der Waals surface area contributed by atoms with Crippen LogP contribution in [-0.2, 0) is 29.1 Å². The number of thiophene rings is 1. The van der Waals surface area contributed by atoms with Gasteiger partial charge in [-0.25, -0.2) is 4.98 Å². The Morgan fingerprint density at radius 2 is 2.03 bits per heavy atom. The van der Waals surface area contributed by atoms with Gasteiger partial charge < -0.3 is 14.6 Å². The van der Waals surface area contributed by atoms with E-state index in [2.05, 4.69) is 15.6 Å². The number of hydrogen-bond donors (Lipinski definition) is 1. The molecular formula is C21H22ClN3O3S. The lowest BCUT2D eigenvalue weighted by Gasteiger charge is -2.28. The van der Waals surface area contributed by atoms with E-state index < -0.39 is 5.97 Å². The summed E-state index contributed by atoms with van der Waals surface area (Å²) < 4.78 is 2.97. The second-order valence-electron chi connectivity index (χ2n) is 7.26. The molecule has 6 nitrogen and oxygen atoms in total. The Bertz CT molecular complexity index is 1060. The van der Waals surface area contributed by atoms with Gasteiger partial charge in [0.25, 0.3) is 0 Å². The Morgan fingerprint density at radius 3 is 2.79 bits per heavy atom. The molecule has 0 saturated carbocycles. The number of carboxylic acids is 1. The SMILES string of the molecule is O=C(O)CCCCC(=O)N1CCc2c(n(Cc3ccc(Cl)s3)c3ncccc23)C1. The van der Waals surface area contributed by atoms with E-state index in [0.29, 0.717) is 38.9 Å². The summed E-state index contributed by atoms with van der Waals surface area (Å²) in [5.74, 6) is -0.726. The number of carbonyl (C=O) groups is 2. The Labute approximate surface area is 177 Å². The topological polar surface area (TPSA) is 75.4 Å². The lowest BCUT2D eigenvalue weighted by atomic mass is 10.0. The number of carboxylic acid groups (broad SMARTS) is 1. The number of halogens is 1. The monoisotopic (exact) mass is 431 g/mol. The quantitative estimate of drug-likeness (QED) is 0.565. The zero-order valence-corrected chi connectivity index (χ0v) is 17.5. The van der Waals surface area contributed by atoms with Crippen molar-refractivity contribution in [2.24, 2.45) is 0 Å². The molecule has 4 heterocycles. The van der Waals surface area contributed by atoms with Gasteiger partial charge in [0.15, 0.2) is 0 Å². The first-order chi connectivity index (χ1) is 14.0. The first-order valence-electron chi connectivity index (χ1n) is 9.71. The molecule has 1 amide bonds. The van der Waals surface area contributed by atoms with Crippen molar-refractivity contribution >= 4 is 45.8 Å². The Hall–Kier alpha value is -2.38. The van der Waals surface area contributed by atoms with Gasteiger partial charge in [0.05, 0.1) is 17.4 Å². The number of aliphatic carboxylic acids is 1. The smallest absolute Gasteiger partial charge is 0.303 e. The summed E-state index contributed by atoms with van der Waals surface area (Å²) >= 11 is 7.67. The number of hydrogen-bond acceptors (Lipinski definition) is 4. The van der Waals surface area contributed by atoms with Gasteiger partial charge in [-0.1, -0.05) is 11.6 Å². The standard InChI is InChI=1S/C21H22ClN3O3S/c22-18-8-7-14(29-18)12-25-17-13-24(19(26)5-1-2-6-20(27)28)11-9-15(17)16-4-3-10-23-21(16)25/h3-4,7-8,10H,1-2,5-6,9,11-13H2,(H,27,28). The van der Waals surface area contributed by atoms with Crippen LogP contribution in [0.4, 0.5) is 0 Å². The van der Waals surface area contributed by atoms with Gasteiger partial charge in [0.2, 0.25) is 5.91 Å². The molecule has 1 aliphatic heterocycles. The van der Waals surface area contributed by atoms with Crippen LogP contribution in [0.25, 0.3) is 11.0 Å². The fraction of sp³-hybridized carbons (Fsp3) is 0.381. The predicted octanol–water partition coefficient (Wildman–Crippen LogP) is 4.33. The number of aromatic nitrogens is 2. The number of pyridine rings is 1. The molecule has 0 radical (unpaired) electrons. The summed E-state index contributed by atoms with van der Waals surface area (Å²) in [5.41, 5.74) is 3.34. The first-order valence-corrected chi connectivity index (χ1v) is 10.9. The van der Waals surface area contributed by atoms with Crippen molar-refractivity contribution in [1.82, 2.24) is 14.5 Å². The van der Waals surface area contributed by atoms with Crippen LogP contribution in [-0.4, -0.2) is 38.0 Å². The lowest BCUT2D eigenvalue weighted by molar-refractivity contribution is -0.137. The van der Waals surface area contributed by atoms with Gasteiger partial charge in [0.1, 0.15) is 5.65 Å². The van der Waals surface area contributed by atoms with Gasteiger partial charge in [-0.05, 0) is 49.1 Å². The van der Waals surface area contributed by atoms with Crippen LogP contribution in [0, 0.1) is 0 Å². The summed E-state index contributed by atoms with van der Waals surface area (Å²) in [6.45, 7) is 1.92. The highest BCUT2D eigenvalue weighted by molar-refractivity contribution is 7.16. The highest BCUT2D eigenvalue weighted by atomic mass is 35.5. The third-order valence-electron chi connectivity index (χ3n) is 5.34. The molecule has 0 spiro atoms. The van der Waals surface area contributed by atoms with Crippen molar-refractivity contribution in [2.75, 3.05) is 6.54 Å². The van der Waals surface area contributed by atoms with Crippen LogP contribution in [0.2, 0.25) is 4.34 Å². The zero-order chi connectivity index (χ0) is 20.4. The Morgan fingerprint density at radius 1 is 1.21 bits per heavy atom. The molecule has 0 aliphatic carbocycles. The summed E-state index contributed by atoms with van der Waals surface area (Å²) in [5, 5.41) is 9.90. The van der Waals surface area contributed by atoms with Gasteiger partial charge in [-0.2, -0.15) is 0 Å². The van der Waals surface area contributed by atoms with Crippen molar-refractivity contribution in [3.8, 4) is 0 Å². The number of unbranched alkanes of at least 4 members (excludes halogenated alkanes) is 1. The molecule has 152 valence electrons. The van der Waals surface area contributed by atoms with Gasteiger partial charge in [-0.3, -0.25) is 9.59 Å². The van der Waals surface area contributed by atoms with E-state index in [9.17, 15) is 9.59 Å². The van der Waals surface area contributed by atoms with Gasteiger partial charge in [-0.15, -0.1) is 11.3 Å². The molecule has 0 unspecified atom stereocenters. The van der Waals surface area contributed by atoms with Crippen LogP contribution in [0.15, 0.2) is 30.5 Å². The van der Waals surface area contributed by atoms with Crippen LogP contribution in [0.5, 0.6) is 0 Å².